The van der Waals surface area contributed by atoms with Crippen molar-refractivity contribution in [2.75, 3.05) is 30.3 Å². The highest BCUT2D eigenvalue weighted by molar-refractivity contribution is 5.47. The van der Waals surface area contributed by atoms with Gasteiger partial charge in [0.25, 0.3) is 0 Å². The van der Waals surface area contributed by atoms with Gasteiger partial charge in [0.15, 0.2) is 0 Å². The number of aromatic nitrogens is 2. The van der Waals surface area contributed by atoms with Crippen LogP contribution in [0, 0.1) is 0 Å². The fraction of sp³-hybridized carbons (Fsp3) is 0.667. The molecular weight excluding hydrogens is 273 g/mol. The van der Waals surface area contributed by atoms with E-state index >= 15 is 0 Å². The van der Waals surface area contributed by atoms with Gasteiger partial charge in [-0.25, -0.2) is 9.97 Å². The van der Waals surface area contributed by atoms with E-state index in [1.807, 2.05) is 20.8 Å². The van der Waals surface area contributed by atoms with Gasteiger partial charge in [0.1, 0.15) is 24.0 Å². The molecule has 0 fully saturated rings. The second kappa shape index (κ2) is 5.82. The van der Waals surface area contributed by atoms with Crippen LogP contribution < -0.4 is 10.6 Å². The zero-order valence-electron chi connectivity index (χ0n) is 11.7. The second-order valence-corrected chi connectivity index (χ2v) is 5.48. The van der Waals surface area contributed by atoms with Crippen LogP contribution >= 0.6 is 0 Å². The molecule has 0 saturated heterocycles. The highest BCUT2D eigenvalue weighted by Crippen LogP contribution is 2.25. The van der Waals surface area contributed by atoms with Crippen molar-refractivity contribution in [3.05, 3.63) is 11.9 Å². The summed E-state index contributed by atoms with van der Waals surface area (Å²) in [6, 6.07) is 1.27. The van der Waals surface area contributed by atoms with Gasteiger partial charge >= 0.3 is 6.18 Å². The van der Waals surface area contributed by atoms with E-state index in [1.165, 1.54) is 6.07 Å². The summed E-state index contributed by atoms with van der Waals surface area (Å²) in [4.78, 5) is 9.11. The molecule has 20 heavy (non-hydrogen) atoms. The molecule has 0 atom stereocenters. The average Bonchev–Trinajstić information content (AvgIpc) is 2.24. The van der Waals surface area contributed by atoms with Crippen LogP contribution in [0.3, 0.4) is 0 Å². The van der Waals surface area contributed by atoms with Crippen LogP contribution in [0.15, 0.2) is 6.07 Å². The highest BCUT2D eigenvalue weighted by Gasteiger charge is 2.32. The molecule has 0 aliphatic rings. The van der Waals surface area contributed by atoms with Gasteiger partial charge in [-0.3, -0.25) is 0 Å². The van der Waals surface area contributed by atoms with Crippen LogP contribution in [-0.4, -0.2) is 40.9 Å². The largest absolute Gasteiger partial charge is 0.405 e. The van der Waals surface area contributed by atoms with Crippen LogP contribution in [0.5, 0.6) is 0 Å². The number of halogens is 3. The van der Waals surface area contributed by atoms with E-state index in [0.717, 1.165) is 4.90 Å². The number of anilines is 2. The summed E-state index contributed by atoms with van der Waals surface area (Å²) in [6.45, 7) is 3.72. The first-order valence-corrected chi connectivity index (χ1v) is 6.10. The third-order valence-electron chi connectivity index (χ3n) is 2.47. The number of rotatable bonds is 4. The maximum absolute atomic E-state index is 12.6. The van der Waals surface area contributed by atoms with Crippen LogP contribution in [0.1, 0.15) is 26.6 Å². The lowest BCUT2D eigenvalue weighted by Gasteiger charge is -2.26. The lowest BCUT2D eigenvalue weighted by Crippen LogP contribution is -2.37. The minimum atomic E-state index is -4.39. The monoisotopic (exact) mass is 292 g/mol. The van der Waals surface area contributed by atoms with E-state index in [9.17, 15) is 13.2 Å². The van der Waals surface area contributed by atoms with Gasteiger partial charge < -0.3 is 15.7 Å². The maximum atomic E-state index is 12.6. The molecule has 0 unspecified atom stereocenters. The molecule has 0 aliphatic carbocycles. The Kier molecular flexibility index (Phi) is 4.80. The summed E-state index contributed by atoms with van der Waals surface area (Å²) in [6.07, 6.45) is -4.39. The van der Waals surface area contributed by atoms with Crippen molar-refractivity contribution in [2.45, 2.75) is 32.4 Å². The molecule has 0 amide bonds. The highest BCUT2D eigenvalue weighted by atomic mass is 19.4. The predicted molar refractivity (Wildman–Crippen MR) is 70.5 cm³/mol. The van der Waals surface area contributed by atoms with E-state index in [-0.39, 0.29) is 18.2 Å². The number of aliphatic hydroxyl groups is 1. The lowest BCUT2D eigenvalue weighted by atomic mass is 9.96. The van der Waals surface area contributed by atoms with Crippen molar-refractivity contribution in [3.63, 3.8) is 0 Å². The van der Waals surface area contributed by atoms with Gasteiger partial charge in [-0.05, 0) is 0 Å². The zero-order chi connectivity index (χ0) is 15.6. The van der Waals surface area contributed by atoms with E-state index in [1.54, 1.807) is 0 Å². The fourth-order valence-corrected chi connectivity index (χ4v) is 1.56. The number of aliphatic hydroxyl groups excluding tert-OH is 1. The first kappa shape index (κ1) is 16.5. The Bertz CT molecular complexity index is 457. The molecule has 0 radical (unpaired) electrons. The normalized spacial score (nSPS) is 12.6. The summed E-state index contributed by atoms with van der Waals surface area (Å²) in [5.41, 5.74) is 5.20. The summed E-state index contributed by atoms with van der Waals surface area (Å²) >= 11 is 0. The molecule has 1 heterocycles. The molecule has 1 rings (SSSR count). The first-order valence-electron chi connectivity index (χ1n) is 6.10. The minimum Gasteiger partial charge on any atom is -0.395 e. The summed E-state index contributed by atoms with van der Waals surface area (Å²) in [7, 11) is 0. The second-order valence-electron chi connectivity index (χ2n) is 5.48. The van der Waals surface area contributed by atoms with Crippen molar-refractivity contribution in [3.8, 4) is 0 Å². The van der Waals surface area contributed by atoms with Gasteiger partial charge in [0, 0.05) is 18.0 Å². The Balaban J connectivity index is 3.16. The predicted octanol–water partition coefficient (Wildman–Crippen LogP) is 1.72. The SMILES string of the molecule is CC(C)(C)c1nc(N)cc(N(CCO)CC(F)(F)F)n1. The number of nitrogen functional groups attached to an aromatic ring is 1. The molecule has 0 saturated carbocycles. The number of alkyl halides is 3. The molecule has 8 heteroatoms. The van der Waals surface area contributed by atoms with Gasteiger partial charge in [0.05, 0.1) is 6.61 Å². The molecule has 1 aromatic heterocycles. The molecule has 0 aliphatic heterocycles. The van der Waals surface area contributed by atoms with E-state index in [0.29, 0.717) is 5.82 Å². The van der Waals surface area contributed by atoms with Crippen LogP contribution in [0.2, 0.25) is 0 Å². The molecule has 0 spiro atoms. The maximum Gasteiger partial charge on any atom is 0.405 e. The first-order chi connectivity index (χ1) is 9.03. The van der Waals surface area contributed by atoms with Crippen LogP contribution in [-0.2, 0) is 5.41 Å². The molecular formula is C12H19F3N4O. The number of nitrogens with two attached hydrogens (primary N) is 1. The molecule has 0 bridgehead atoms. The van der Waals surface area contributed by atoms with E-state index in [2.05, 4.69) is 9.97 Å². The lowest BCUT2D eigenvalue weighted by molar-refractivity contribution is -0.120. The Hall–Kier alpha value is -1.57. The third-order valence-corrected chi connectivity index (χ3v) is 2.47. The molecule has 0 aromatic carbocycles. The smallest absolute Gasteiger partial charge is 0.395 e. The van der Waals surface area contributed by atoms with Gasteiger partial charge in [0.2, 0.25) is 0 Å². The number of hydrogen-bond acceptors (Lipinski definition) is 5. The van der Waals surface area contributed by atoms with Crippen molar-refractivity contribution in [1.82, 2.24) is 9.97 Å². The third kappa shape index (κ3) is 4.84. The topological polar surface area (TPSA) is 75.3 Å². The Morgan fingerprint density at radius 2 is 1.85 bits per heavy atom. The van der Waals surface area contributed by atoms with Gasteiger partial charge in [-0.2, -0.15) is 13.2 Å². The van der Waals surface area contributed by atoms with Crippen molar-refractivity contribution < 1.29 is 18.3 Å². The Labute approximate surface area is 115 Å². The Morgan fingerprint density at radius 3 is 2.30 bits per heavy atom. The standard InChI is InChI=1S/C12H19F3N4O/c1-11(2,3)10-17-8(16)6-9(18-10)19(4-5-20)7-12(13,14)15/h6,20H,4-5,7H2,1-3H3,(H2,16,17,18). The average molecular weight is 292 g/mol. The molecule has 1 aromatic rings. The number of hydrogen-bond donors (Lipinski definition) is 2. The summed E-state index contributed by atoms with van der Waals surface area (Å²) in [5.74, 6) is 0.524. The van der Waals surface area contributed by atoms with Crippen LogP contribution in [0.4, 0.5) is 24.8 Å². The zero-order valence-corrected chi connectivity index (χ0v) is 11.7. The van der Waals surface area contributed by atoms with Crippen molar-refractivity contribution in [1.29, 1.82) is 0 Å². The molecule has 5 nitrogen and oxygen atoms in total. The van der Waals surface area contributed by atoms with Crippen LogP contribution in [0.25, 0.3) is 0 Å². The molecule has 114 valence electrons. The number of nitrogens with zero attached hydrogens (tertiary/aromatic N) is 3. The van der Waals surface area contributed by atoms with Gasteiger partial charge in [-0.1, -0.05) is 20.8 Å². The minimum absolute atomic E-state index is 0.0637. The Morgan fingerprint density at radius 1 is 1.25 bits per heavy atom. The summed E-state index contributed by atoms with van der Waals surface area (Å²) < 4.78 is 37.7. The summed E-state index contributed by atoms with van der Waals surface area (Å²) in [5, 5.41) is 8.91. The van der Waals surface area contributed by atoms with Crippen molar-refractivity contribution in [2.24, 2.45) is 0 Å². The molecule has 3 N–H and O–H groups in total. The van der Waals surface area contributed by atoms with Gasteiger partial charge in [-0.15, -0.1) is 0 Å². The van der Waals surface area contributed by atoms with E-state index in [4.69, 9.17) is 10.8 Å². The fourth-order valence-electron chi connectivity index (χ4n) is 1.56. The van der Waals surface area contributed by atoms with E-state index < -0.39 is 24.7 Å². The van der Waals surface area contributed by atoms with Crippen molar-refractivity contribution >= 4 is 11.6 Å². The quantitative estimate of drug-likeness (QED) is 0.883.